The monoisotopic (exact) mass is 266 g/mol. The largest absolute Gasteiger partial charge is 0.319 e. The Hall–Kier alpha value is 0.220. The van der Waals surface area contributed by atoms with Crippen LogP contribution in [0.3, 0.4) is 0 Å². The van der Waals surface area contributed by atoms with Crippen molar-refractivity contribution in [2.24, 2.45) is 0 Å². The Labute approximate surface area is 85.6 Å². The Morgan fingerprint density at radius 1 is 1.33 bits per heavy atom. The van der Waals surface area contributed by atoms with Crippen LogP contribution >= 0.6 is 34.7 Å². The molecule has 0 aromatic heterocycles. The molecule has 0 unspecified atom stereocenters. The maximum absolute atomic E-state index is 11.6. The van der Waals surface area contributed by atoms with Gasteiger partial charge in [-0.05, 0) is 31.5 Å². The Morgan fingerprint density at radius 2 is 1.92 bits per heavy atom. The second kappa shape index (κ2) is 3.53. The first-order chi connectivity index (χ1) is 5.39. The van der Waals surface area contributed by atoms with E-state index in [4.69, 9.17) is 11.6 Å². The summed E-state index contributed by atoms with van der Waals surface area (Å²) in [6.45, 7) is 3.45. The van der Waals surface area contributed by atoms with Gasteiger partial charge in [0.15, 0.2) is 0 Å². The molecule has 4 heteroatoms. The topological polar surface area (TPSA) is 17.1 Å². The van der Waals surface area contributed by atoms with Crippen molar-refractivity contribution in [3.05, 3.63) is 27.7 Å². The van der Waals surface area contributed by atoms with Crippen molar-refractivity contribution in [3.63, 3.8) is 0 Å². The van der Waals surface area contributed by atoms with E-state index in [-0.39, 0.29) is 0 Å². The first kappa shape index (κ1) is 10.3. The smallest absolute Gasteiger partial charge is 0.109 e. The molecule has 0 spiro atoms. The number of halogens is 2. The second-order valence-electron chi connectivity index (χ2n) is 2.98. The molecule has 12 heavy (non-hydrogen) atoms. The van der Waals surface area contributed by atoms with Gasteiger partial charge in [-0.2, -0.15) is 0 Å². The minimum atomic E-state index is -2.19. The summed E-state index contributed by atoms with van der Waals surface area (Å²) in [5.41, 5.74) is 0. The highest BCUT2D eigenvalue weighted by Gasteiger charge is 2.11. The Morgan fingerprint density at radius 3 is 2.33 bits per heavy atom. The van der Waals surface area contributed by atoms with Crippen molar-refractivity contribution in [1.29, 1.82) is 0 Å². The molecule has 66 valence electrons. The van der Waals surface area contributed by atoms with E-state index in [0.717, 1.165) is 9.78 Å². The summed E-state index contributed by atoms with van der Waals surface area (Å²) in [5, 5.41) is 1.42. The first-order valence-electron chi connectivity index (χ1n) is 3.41. The van der Waals surface area contributed by atoms with Gasteiger partial charge in [0.1, 0.15) is 7.14 Å². The molecule has 0 bridgehead atoms. The molecule has 0 aliphatic carbocycles. The van der Waals surface area contributed by atoms with Gasteiger partial charge in [-0.1, -0.05) is 27.5 Å². The standard InChI is InChI=1S/C8H9BrClOP/c1-12(2,11)8-4-6(9)3-7(10)5-8/h3-5H,1-2H3. The Kier molecular flexibility index (Phi) is 3.03. The Bertz CT molecular complexity index is 325. The maximum atomic E-state index is 11.6. The Balaban J connectivity index is 3.27. The molecule has 1 nitrogen and oxygen atoms in total. The van der Waals surface area contributed by atoms with Gasteiger partial charge in [-0.3, -0.25) is 0 Å². The summed E-state index contributed by atoms with van der Waals surface area (Å²) >= 11 is 9.10. The molecule has 0 saturated carbocycles. The van der Waals surface area contributed by atoms with Gasteiger partial charge in [0, 0.05) is 14.8 Å². The summed E-state index contributed by atoms with van der Waals surface area (Å²) in [7, 11) is -2.19. The van der Waals surface area contributed by atoms with E-state index in [0.29, 0.717) is 5.02 Å². The van der Waals surface area contributed by atoms with Crippen LogP contribution in [0.2, 0.25) is 5.02 Å². The van der Waals surface area contributed by atoms with Crippen LogP contribution in [0.15, 0.2) is 22.7 Å². The van der Waals surface area contributed by atoms with Gasteiger partial charge >= 0.3 is 0 Å². The lowest BCUT2D eigenvalue weighted by molar-refractivity contribution is 0.588. The van der Waals surface area contributed by atoms with Gasteiger partial charge < -0.3 is 4.57 Å². The van der Waals surface area contributed by atoms with Crippen LogP contribution in [0, 0.1) is 0 Å². The highest BCUT2D eigenvalue weighted by atomic mass is 79.9. The molecule has 1 rings (SSSR count). The molecule has 0 aliphatic heterocycles. The molecule has 1 aromatic carbocycles. The van der Waals surface area contributed by atoms with E-state index in [2.05, 4.69) is 15.9 Å². The predicted molar refractivity (Wildman–Crippen MR) is 58.2 cm³/mol. The van der Waals surface area contributed by atoms with Crippen molar-refractivity contribution in [2.45, 2.75) is 0 Å². The highest BCUT2D eigenvalue weighted by Crippen LogP contribution is 2.36. The molecule has 0 aliphatic rings. The molecule has 0 fully saturated rings. The van der Waals surface area contributed by atoms with Crippen LogP contribution in [0.1, 0.15) is 0 Å². The van der Waals surface area contributed by atoms with Crippen LogP contribution in [-0.4, -0.2) is 13.3 Å². The van der Waals surface area contributed by atoms with E-state index in [1.165, 1.54) is 0 Å². The molecule has 0 radical (unpaired) electrons. The SMILES string of the molecule is CP(C)(=O)c1cc(Cl)cc(Br)c1. The zero-order chi connectivity index (χ0) is 9.35. The fraction of sp³-hybridized carbons (Fsp3) is 0.250. The minimum Gasteiger partial charge on any atom is -0.319 e. The minimum absolute atomic E-state index is 0.614. The fourth-order valence-electron chi connectivity index (χ4n) is 0.850. The third kappa shape index (κ3) is 2.62. The van der Waals surface area contributed by atoms with Crippen LogP contribution < -0.4 is 5.30 Å². The second-order valence-corrected chi connectivity index (χ2v) is 7.55. The van der Waals surface area contributed by atoms with Gasteiger partial charge in [0.05, 0.1) is 0 Å². The van der Waals surface area contributed by atoms with Crippen LogP contribution in [-0.2, 0) is 4.57 Å². The summed E-state index contributed by atoms with van der Waals surface area (Å²) in [6.07, 6.45) is 0. The third-order valence-electron chi connectivity index (χ3n) is 1.47. The van der Waals surface area contributed by atoms with E-state index in [9.17, 15) is 4.57 Å². The van der Waals surface area contributed by atoms with Gasteiger partial charge in [0.25, 0.3) is 0 Å². The van der Waals surface area contributed by atoms with Gasteiger partial charge in [0.2, 0.25) is 0 Å². The van der Waals surface area contributed by atoms with E-state index < -0.39 is 7.14 Å². The summed E-state index contributed by atoms with van der Waals surface area (Å²) in [5.74, 6) is 0. The lowest BCUT2D eigenvalue weighted by atomic mass is 10.4. The molecule has 0 heterocycles. The third-order valence-corrected chi connectivity index (χ3v) is 3.65. The highest BCUT2D eigenvalue weighted by molar-refractivity contribution is 9.10. The van der Waals surface area contributed by atoms with Crippen LogP contribution in [0.4, 0.5) is 0 Å². The zero-order valence-electron chi connectivity index (χ0n) is 6.84. The fourth-order valence-corrected chi connectivity index (χ4v) is 2.86. The van der Waals surface area contributed by atoms with Crippen LogP contribution in [0.25, 0.3) is 0 Å². The molecular formula is C8H9BrClOP. The zero-order valence-corrected chi connectivity index (χ0v) is 10.1. The van der Waals surface area contributed by atoms with E-state index >= 15 is 0 Å². The number of hydrogen-bond donors (Lipinski definition) is 0. The maximum Gasteiger partial charge on any atom is 0.109 e. The molecular weight excluding hydrogens is 258 g/mol. The number of hydrogen-bond acceptors (Lipinski definition) is 1. The van der Waals surface area contributed by atoms with Crippen molar-refractivity contribution in [1.82, 2.24) is 0 Å². The van der Waals surface area contributed by atoms with Gasteiger partial charge in [-0.25, -0.2) is 0 Å². The molecule has 0 atom stereocenters. The molecule has 1 aromatic rings. The van der Waals surface area contributed by atoms with Crippen molar-refractivity contribution >= 4 is 40.0 Å². The summed E-state index contributed by atoms with van der Waals surface area (Å²) in [4.78, 5) is 0. The molecule has 0 saturated heterocycles. The van der Waals surface area contributed by atoms with E-state index in [1.807, 2.05) is 6.07 Å². The lowest BCUT2D eigenvalue weighted by Crippen LogP contribution is -2.01. The van der Waals surface area contributed by atoms with Crippen molar-refractivity contribution < 1.29 is 4.57 Å². The predicted octanol–water partition coefficient (Wildman–Crippen LogP) is 3.35. The van der Waals surface area contributed by atoms with E-state index in [1.54, 1.807) is 25.5 Å². The quantitative estimate of drug-likeness (QED) is 0.713. The van der Waals surface area contributed by atoms with Crippen LogP contribution in [0.5, 0.6) is 0 Å². The lowest BCUT2D eigenvalue weighted by Gasteiger charge is -2.07. The average Bonchev–Trinajstić information content (AvgIpc) is 1.82. The van der Waals surface area contributed by atoms with Gasteiger partial charge in [-0.15, -0.1) is 0 Å². The summed E-state index contributed by atoms with van der Waals surface area (Å²) in [6, 6.07) is 5.36. The number of rotatable bonds is 1. The molecule has 0 amide bonds. The normalized spacial score (nSPS) is 11.7. The van der Waals surface area contributed by atoms with Crippen molar-refractivity contribution in [2.75, 3.05) is 13.3 Å². The first-order valence-corrected chi connectivity index (χ1v) is 7.18. The summed E-state index contributed by atoms with van der Waals surface area (Å²) < 4.78 is 12.5. The number of benzene rings is 1. The van der Waals surface area contributed by atoms with Crippen molar-refractivity contribution in [3.8, 4) is 0 Å². The average molecular weight is 267 g/mol. The molecule has 0 N–H and O–H groups in total.